The van der Waals surface area contributed by atoms with Crippen LogP contribution >= 0.6 is 23.1 Å². The maximum Gasteiger partial charge on any atom is 0.357 e. The van der Waals surface area contributed by atoms with Crippen LogP contribution in [0.15, 0.2) is 5.38 Å². The van der Waals surface area contributed by atoms with Gasteiger partial charge in [-0.05, 0) is 18.6 Å². The van der Waals surface area contributed by atoms with E-state index >= 15 is 0 Å². The molecule has 2 rings (SSSR count). The zero-order valence-corrected chi connectivity index (χ0v) is 11.4. The smallest absolute Gasteiger partial charge is 0.357 e. The second-order valence-corrected chi connectivity index (χ2v) is 6.17. The Hall–Kier alpha value is -0.750. The summed E-state index contributed by atoms with van der Waals surface area (Å²) in [6.07, 6.45) is 3.93. The molecule has 0 radical (unpaired) electrons. The number of thiazole rings is 1. The van der Waals surface area contributed by atoms with Crippen molar-refractivity contribution in [3.05, 3.63) is 11.1 Å². The molecule has 1 aromatic rings. The summed E-state index contributed by atoms with van der Waals surface area (Å²) in [6, 6.07) is 0. The van der Waals surface area contributed by atoms with Crippen LogP contribution in [-0.4, -0.2) is 35.6 Å². The van der Waals surface area contributed by atoms with Gasteiger partial charge in [0, 0.05) is 17.2 Å². The monoisotopic (exact) mass is 272 g/mol. The summed E-state index contributed by atoms with van der Waals surface area (Å²) in [6.45, 7) is 0.929. The number of hydrogen-bond donors (Lipinski definition) is 1. The molecular formula is C11H16N2O2S2. The van der Waals surface area contributed by atoms with E-state index in [1.165, 1.54) is 43.5 Å². The van der Waals surface area contributed by atoms with Crippen LogP contribution in [0.3, 0.4) is 0 Å². The Kier molecular flexibility index (Phi) is 4.67. The van der Waals surface area contributed by atoms with Gasteiger partial charge in [-0.1, -0.05) is 6.42 Å². The Morgan fingerprint density at radius 3 is 3.24 bits per heavy atom. The number of esters is 1. The molecule has 0 saturated carbocycles. The molecule has 0 amide bonds. The van der Waals surface area contributed by atoms with Crippen molar-refractivity contribution in [2.75, 3.05) is 24.7 Å². The van der Waals surface area contributed by atoms with Crippen molar-refractivity contribution in [1.82, 2.24) is 4.98 Å². The third-order valence-corrected chi connectivity index (χ3v) is 4.85. The molecule has 1 aliphatic rings. The summed E-state index contributed by atoms with van der Waals surface area (Å²) in [4.78, 5) is 15.4. The first kappa shape index (κ1) is 12.7. The van der Waals surface area contributed by atoms with Crippen LogP contribution in [0.25, 0.3) is 0 Å². The highest BCUT2D eigenvalue weighted by atomic mass is 32.2. The van der Waals surface area contributed by atoms with E-state index in [2.05, 4.69) is 15.0 Å². The van der Waals surface area contributed by atoms with E-state index in [1.54, 1.807) is 5.38 Å². The van der Waals surface area contributed by atoms with Gasteiger partial charge in [-0.25, -0.2) is 9.78 Å². The van der Waals surface area contributed by atoms with E-state index in [-0.39, 0.29) is 5.97 Å². The fraction of sp³-hybridized carbons (Fsp3) is 0.636. The maximum atomic E-state index is 11.2. The van der Waals surface area contributed by atoms with Crippen molar-refractivity contribution in [1.29, 1.82) is 0 Å². The van der Waals surface area contributed by atoms with Gasteiger partial charge in [-0.2, -0.15) is 11.8 Å². The van der Waals surface area contributed by atoms with Crippen molar-refractivity contribution in [3.63, 3.8) is 0 Å². The number of rotatable bonds is 4. The quantitative estimate of drug-likeness (QED) is 0.854. The summed E-state index contributed by atoms with van der Waals surface area (Å²) in [5.41, 5.74) is 0.385. The first-order chi connectivity index (χ1) is 8.29. The molecule has 0 bridgehead atoms. The average molecular weight is 272 g/mol. The molecule has 2 heterocycles. The molecule has 4 nitrogen and oxygen atoms in total. The number of ether oxygens (including phenoxy) is 1. The van der Waals surface area contributed by atoms with Crippen molar-refractivity contribution >= 4 is 34.2 Å². The Balaban J connectivity index is 1.82. The molecule has 1 aromatic heterocycles. The molecule has 17 heavy (non-hydrogen) atoms. The molecule has 94 valence electrons. The second-order valence-electron chi connectivity index (χ2n) is 3.90. The predicted octanol–water partition coefficient (Wildman–Crippen LogP) is 2.63. The number of nitrogens with zero attached hydrogens (tertiary/aromatic N) is 1. The molecule has 0 spiro atoms. The SMILES string of the molecule is COC(=O)c1csc(NCC2CCCCS2)n1. The summed E-state index contributed by atoms with van der Waals surface area (Å²) in [5.74, 6) is 0.888. The highest BCUT2D eigenvalue weighted by Gasteiger charge is 2.15. The summed E-state index contributed by atoms with van der Waals surface area (Å²) < 4.78 is 4.62. The zero-order chi connectivity index (χ0) is 12.1. The number of anilines is 1. The van der Waals surface area contributed by atoms with E-state index in [9.17, 15) is 4.79 Å². The van der Waals surface area contributed by atoms with Crippen LogP contribution in [0, 0.1) is 0 Å². The Morgan fingerprint density at radius 2 is 2.53 bits per heavy atom. The van der Waals surface area contributed by atoms with E-state index < -0.39 is 0 Å². The number of hydrogen-bond acceptors (Lipinski definition) is 6. The van der Waals surface area contributed by atoms with Gasteiger partial charge in [0.15, 0.2) is 10.8 Å². The van der Waals surface area contributed by atoms with Gasteiger partial charge < -0.3 is 10.1 Å². The number of aromatic nitrogens is 1. The third-order valence-electron chi connectivity index (χ3n) is 2.65. The van der Waals surface area contributed by atoms with Crippen molar-refractivity contribution < 1.29 is 9.53 Å². The van der Waals surface area contributed by atoms with Crippen molar-refractivity contribution in [2.24, 2.45) is 0 Å². The molecule has 1 N–H and O–H groups in total. The van der Waals surface area contributed by atoms with E-state index in [1.807, 2.05) is 11.8 Å². The van der Waals surface area contributed by atoms with E-state index in [0.717, 1.165) is 11.7 Å². The van der Waals surface area contributed by atoms with Crippen LogP contribution in [0.5, 0.6) is 0 Å². The lowest BCUT2D eigenvalue weighted by molar-refractivity contribution is 0.0595. The first-order valence-corrected chi connectivity index (χ1v) is 7.62. The van der Waals surface area contributed by atoms with Gasteiger partial charge in [-0.15, -0.1) is 11.3 Å². The topological polar surface area (TPSA) is 51.2 Å². The normalized spacial score (nSPS) is 19.9. The summed E-state index contributed by atoms with van der Waals surface area (Å²) in [7, 11) is 1.37. The molecule has 0 aromatic carbocycles. The molecule has 1 unspecified atom stereocenters. The van der Waals surface area contributed by atoms with Gasteiger partial charge in [0.25, 0.3) is 0 Å². The molecule has 1 fully saturated rings. The average Bonchev–Trinajstić information content (AvgIpc) is 2.85. The number of thioether (sulfide) groups is 1. The third kappa shape index (κ3) is 3.61. The molecule has 1 atom stereocenters. The standard InChI is InChI=1S/C11H16N2O2S2/c1-15-10(14)9-7-17-11(13-9)12-6-8-4-2-3-5-16-8/h7-8H,2-6H2,1H3,(H,12,13). The Bertz CT molecular complexity index is 375. The van der Waals surface area contributed by atoms with Crippen LogP contribution in [0.2, 0.25) is 0 Å². The number of carbonyl (C=O) groups excluding carboxylic acids is 1. The lowest BCUT2D eigenvalue weighted by Gasteiger charge is -2.21. The molecule has 0 aliphatic carbocycles. The first-order valence-electron chi connectivity index (χ1n) is 5.69. The van der Waals surface area contributed by atoms with Gasteiger partial charge in [0.2, 0.25) is 0 Å². The van der Waals surface area contributed by atoms with E-state index in [0.29, 0.717) is 10.9 Å². The highest BCUT2D eigenvalue weighted by Crippen LogP contribution is 2.25. The van der Waals surface area contributed by atoms with Gasteiger partial charge in [-0.3, -0.25) is 0 Å². The number of methoxy groups -OCH3 is 1. The Morgan fingerprint density at radius 1 is 1.65 bits per heavy atom. The largest absolute Gasteiger partial charge is 0.464 e. The van der Waals surface area contributed by atoms with Crippen LogP contribution in [0.4, 0.5) is 5.13 Å². The van der Waals surface area contributed by atoms with Crippen LogP contribution < -0.4 is 5.32 Å². The fourth-order valence-electron chi connectivity index (χ4n) is 1.72. The summed E-state index contributed by atoms with van der Waals surface area (Å²) >= 11 is 3.47. The lowest BCUT2D eigenvalue weighted by Crippen LogP contribution is -2.19. The molecule has 1 saturated heterocycles. The Labute approximate surface area is 109 Å². The maximum absolute atomic E-state index is 11.2. The van der Waals surface area contributed by atoms with Gasteiger partial charge >= 0.3 is 5.97 Å². The van der Waals surface area contributed by atoms with Gasteiger partial charge in [0.1, 0.15) is 0 Å². The second kappa shape index (κ2) is 6.26. The molecular weight excluding hydrogens is 256 g/mol. The van der Waals surface area contributed by atoms with E-state index in [4.69, 9.17) is 0 Å². The zero-order valence-electron chi connectivity index (χ0n) is 9.77. The molecule has 6 heteroatoms. The number of nitrogens with one attached hydrogen (secondary N) is 1. The number of carbonyl (C=O) groups is 1. The van der Waals surface area contributed by atoms with Crippen molar-refractivity contribution in [3.8, 4) is 0 Å². The highest BCUT2D eigenvalue weighted by molar-refractivity contribution is 7.99. The fourth-order valence-corrected chi connectivity index (χ4v) is 3.65. The lowest BCUT2D eigenvalue weighted by atomic mass is 10.2. The predicted molar refractivity (Wildman–Crippen MR) is 72.0 cm³/mol. The molecule has 1 aliphatic heterocycles. The summed E-state index contributed by atoms with van der Waals surface area (Å²) in [5, 5.41) is 6.49. The van der Waals surface area contributed by atoms with Gasteiger partial charge in [0.05, 0.1) is 7.11 Å². The van der Waals surface area contributed by atoms with Crippen LogP contribution in [0.1, 0.15) is 29.8 Å². The van der Waals surface area contributed by atoms with Crippen molar-refractivity contribution in [2.45, 2.75) is 24.5 Å². The minimum Gasteiger partial charge on any atom is -0.464 e. The van der Waals surface area contributed by atoms with Crippen LogP contribution in [-0.2, 0) is 4.74 Å². The minimum absolute atomic E-state index is 0.374. The minimum atomic E-state index is -0.374.